The summed E-state index contributed by atoms with van der Waals surface area (Å²) in [4.78, 5) is 30.9. The van der Waals surface area contributed by atoms with Gasteiger partial charge in [-0.25, -0.2) is 4.39 Å². The van der Waals surface area contributed by atoms with Crippen LogP contribution in [0.3, 0.4) is 0 Å². The standard InChI is InChI=1S/C30H35ClFN7O2/c1-3-27(40)39-16-15-38(18-21(39)8-12-33)28-22-9-14-37(25-7-6-20(32)17-23(25)31)19-24(22)34-29(35-28)41-30(10-11-30)26-5-4-13-36(26)2/h3,6-7,17,21,26H,1,4-5,8-11,13-16,18-19H2,2H3. The molecular formula is C30H35ClFN7O2. The smallest absolute Gasteiger partial charge is 0.319 e. The van der Waals surface area contributed by atoms with Crippen molar-refractivity contribution in [1.82, 2.24) is 19.8 Å². The van der Waals surface area contributed by atoms with E-state index in [0.29, 0.717) is 56.2 Å². The Kier molecular flexibility index (Phi) is 7.51. The summed E-state index contributed by atoms with van der Waals surface area (Å²) in [6.07, 6.45) is 6.40. The Morgan fingerprint density at radius 3 is 2.78 bits per heavy atom. The molecule has 0 spiro atoms. The number of hydrogen-bond donors (Lipinski definition) is 0. The zero-order valence-electron chi connectivity index (χ0n) is 23.4. The molecule has 1 aromatic carbocycles. The summed E-state index contributed by atoms with van der Waals surface area (Å²) in [5.41, 5.74) is 2.38. The Bertz CT molecular complexity index is 1390. The van der Waals surface area contributed by atoms with E-state index >= 15 is 0 Å². The number of carbonyl (C=O) groups is 1. The van der Waals surface area contributed by atoms with Gasteiger partial charge in [0.2, 0.25) is 5.91 Å². The number of ether oxygens (including phenoxy) is 1. The molecule has 0 N–H and O–H groups in total. The molecule has 1 aromatic heterocycles. The Hall–Kier alpha value is -3.42. The zero-order valence-corrected chi connectivity index (χ0v) is 24.1. The summed E-state index contributed by atoms with van der Waals surface area (Å²) in [6.45, 7) is 7.39. The molecule has 41 heavy (non-hydrogen) atoms. The van der Waals surface area contributed by atoms with Crippen molar-refractivity contribution in [2.45, 2.75) is 62.8 Å². The average Bonchev–Trinajstić information content (AvgIpc) is 3.60. The fourth-order valence-electron chi connectivity index (χ4n) is 6.76. The van der Waals surface area contributed by atoms with Crippen LogP contribution in [0.1, 0.15) is 43.4 Å². The summed E-state index contributed by atoms with van der Waals surface area (Å²) in [5, 5.41) is 9.86. The highest BCUT2D eigenvalue weighted by Gasteiger charge is 2.55. The van der Waals surface area contributed by atoms with Crippen LogP contribution in [-0.4, -0.2) is 83.1 Å². The molecule has 1 amide bonds. The van der Waals surface area contributed by atoms with Crippen LogP contribution in [0.15, 0.2) is 30.9 Å². The number of rotatable bonds is 7. The molecule has 0 bridgehead atoms. The first-order valence-electron chi connectivity index (χ1n) is 14.4. The lowest BCUT2D eigenvalue weighted by Crippen LogP contribution is -2.55. The summed E-state index contributed by atoms with van der Waals surface area (Å²) >= 11 is 6.44. The van der Waals surface area contributed by atoms with Crippen molar-refractivity contribution >= 4 is 29.0 Å². The molecule has 2 unspecified atom stereocenters. The highest BCUT2D eigenvalue weighted by molar-refractivity contribution is 6.33. The van der Waals surface area contributed by atoms with Gasteiger partial charge in [-0.15, -0.1) is 0 Å². The maximum atomic E-state index is 13.8. The SMILES string of the molecule is C=CC(=O)N1CCN(c2nc(OC3(C4CCCN4C)CC3)nc3c2CCN(c2ccc(F)cc2Cl)C3)CC1CC#N. The summed E-state index contributed by atoms with van der Waals surface area (Å²) in [7, 11) is 2.16. The molecule has 2 atom stereocenters. The van der Waals surface area contributed by atoms with E-state index < -0.39 is 0 Å². The number of halogens is 2. The fourth-order valence-corrected chi connectivity index (χ4v) is 7.04. The van der Waals surface area contributed by atoms with Gasteiger partial charge in [-0.05, 0) is 70.0 Å². The number of fused-ring (bicyclic) bond motifs is 1. The maximum Gasteiger partial charge on any atom is 0.319 e. The van der Waals surface area contributed by atoms with E-state index in [0.717, 1.165) is 55.0 Å². The number of nitriles is 1. The maximum absolute atomic E-state index is 13.8. The molecule has 216 valence electrons. The van der Waals surface area contributed by atoms with Crippen LogP contribution >= 0.6 is 11.6 Å². The van der Waals surface area contributed by atoms with Crippen molar-refractivity contribution in [2.75, 3.05) is 49.6 Å². The predicted octanol–water partition coefficient (Wildman–Crippen LogP) is 3.95. The van der Waals surface area contributed by atoms with Crippen LogP contribution in [0.5, 0.6) is 6.01 Å². The number of anilines is 2. The summed E-state index contributed by atoms with van der Waals surface area (Å²) in [6, 6.07) is 7.14. The molecule has 1 saturated carbocycles. The molecule has 2 saturated heterocycles. The first-order valence-corrected chi connectivity index (χ1v) is 14.7. The molecule has 3 aliphatic heterocycles. The van der Waals surface area contributed by atoms with Gasteiger partial charge in [-0.2, -0.15) is 15.2 Å². The van der Waals surface area contributed by atoms with Gasteiger partial charge in [0, 0.05) is 37.8 Å². The third-order valence-corrected chi connectivity index (χ3v) is 9.31. The number of likely N-dealkylation sites (tertiary alicyclic amines) is 1. The monoisotopic (exact) mass is 579 g/mol. The lowest BCUT2D eigenvalue weighted by Gasteiger charge is -2.42. The Morgan fingerprint density at radius 1 is 1.27 bits per heavy atom. The van der Waals surface area contributed by atoms with Crippen LogP contribution in [0.25, 0.3) is 0 Å². The van der Waals surface area contributed by atoms with E-state index in [2.05, 4.69) is 34.4 Å². The first-order chi connectivity index (χ1) is 19.8. The normalized spacial score (nSPS) is 23.6. The molecule has 9 nitrogen and oxygen atoms in total. The number of hydrogen-bond acceptors (Lipinski definition) is 8. The topological polar surface area (TPSA) is 88.8 Å². The summed E-state index contributed by atoms with van der Waals surface area (Å²) < 4.78 is 20.5. The molecule has 2 aromatic rings. The quantitative estimate of drug-likeness (QED) is 0.456. The van der Waals surface area contributed by atoms with Crippen molar-refractivity contribution in [3.63, 3.8) is 0 Å². The number of amides is 1. The van der Waals surface area contributed by atoms with E-state index in [-0.39, 0.29) is 29.8 Å². The van der Waals surface area contributed by atoms with Crippen LogP contribution < -0.4 is 14.5 Å². The van der Waals surface area contributed by atoms with E-state index in [9.17, 15) is 14.4 Å². The van der Waals surface area contributed by atoms with Crippen LogP contribution in [-0.2, 0) is 17.8 Å². The lowest BCUT2D eigenvalue weighted by atomic mass is 10.0. The Morgan fingerprint density at radius 2 is 2.10 bits per heavy atom. The van der Waals surface area contributed by atoms with Crippen LogP contribution in [0.4, 0.5) is 15.9 Å². The van der Waals surface area contributed by atoms with E-state index in [4.69, 9.17) is 26.3 Å². The van der Waals surface area contributed by atoms with Gasteiger partial charge >= 0.3 is 6.01 Å². The molecule has 4 aliphatic rings. The van der Waals surface area contributed by atoms with E-state index in [1.54, 1.807) is 11.0 Å². The number of piperazine rings is 1. The molecule has 3 fully saturated rings. The second kappa shape index (κ2) is 11.1. The minimum atomic E-state index is -0.371. The van der Waals surface area contributed by atoms with Gasteiger partial charge in [-0.3, -0.25) is 9.69 Å². The number of nitrogens with zero attached hydrogens (tertiary/aromatic N) is 7. The highest BCUT2D eigenvalue weighted by atomic mass is 35.5. The Balaban J connectivity index is 1.34. The number of aromatic nitrogens is 2. The number of benzene rings is 1. The van der Waals surface area contributed by atoms with Gasteiger partial charge in [0.15, 0.2) is 0 Å². The molecular weight excluding hydrogens is 545 g/mol. The molecule has 6 rings (SSSR count). The van der Waals surface area contributed by atoms with Crippen molar-refractivity contribution in [2.24, 2.45) is 0 Å². The van der Waals surface area contributed by atoms with Crippen LogP contribution in [0, 0.1) is 17.1 Å². The highest BCUT2D eigenvalue weighted by Crippen LogP contribution is 2.48. The fraction of sp³-hybridized carbons (Fsp3) is 0.533. The first kappa shape index (κ1) is 27.7. The number of carbonyl (C=O) groups excluding carboxylic acids is 1. The second-order valence-corrected chi connectivity index (χ2v) is 11.9. The molecule has 4 heterocycles. The van der Waals surface area contributed by atoms with Crippen LogP contribution in [0.2, 0.25) is 5.02 Å². The van der Waals surface area contributed by atoms with Crippen molar-refractivity contribution < 1.29 is 13.9 Å². The molecule has 11 heteroatoms. The van der Waals surface area contributed by atoms with Gasteiger partial charge in [0.05, 0.1) is 41.5 Å². The summed E-state index contributed by atoms with van der Waals surface area (Å²) in [5.74, 6) is 0.268. The van der Waals surface area contributed by atoms with E-state index in [1.807, 2.05) is 0 Å². The zero-order chi connectivity index (χ0) is 28.7. The molecule has 0 radical (unpaired) electrons. The minimum Gasteiger partial charge on any atom is -0.455 e. The largest absolute Gasteiger partial charge is 0.455 e. The molecule has 1 aliphatic carbocycles. The minimum absolute atomic E-state index is 0.165. The van der Waals surface area contributed by atoms with E-state index in [1.165, 1.54) is 18.2 Å². The van der Waals surface area contributed by atoms with Crippen molar-refractivity contribution in [3.8, 4) is 12.1 Å². The predicted molar refractivity (Wildman–Crippen MR) is 155 cm³/mol. The van der Waals surface area contributed by atoms with Gasteiger partial charge in [-0.1, -0.05) is 18.2 Å². The van der Waals surface area contributed by atoms with Gasteiger partial charge in [0.1, 0.15) is 17.2 Å². The van der Waals surface area contributed by atoms with Crippen molar-refractivity contribution in [3.05, 3.63) is 53.0 Å². The second-order valence-electron chi connectivity index (χ2n) is 11.5. The third kappa shape index (κ3) is 5.33. The average molecular weight is 580 g/mol. The number of likely N-dealkylation sites (N-methyl/N-ethyl adjacent to an activating group) is 1. The van der Waals surface area contributed by atoms with Gasteiger partial charge < -0.3 is 19.4 Å². The Labute approximate surface area is 245 Å². The van der Waals surface area contributed by atoms with Crippen molar-refractivity contribution in [1.29, 1.82) is 5.26 Å². The lowest BCUT2D eigenvalue weighted by molar-refractivity contribution is -0.128. The third-order valence-electron chi connectivity index (χ3n) is 9.01. The van der Waals surface area contributed by atoms with Gasteiger partial charge in [0.25, 0.3) is 0 Å².